The van der Waals surface area contributed by atoms with Crippen LogP contribution in [0.25, 0.3) is 0 Å². The molecular weight excluding hydrogens is 377 g/mol. The van der Waals surface area contributed by atoms with E-state index in [4.69, 9.17) is 0 Å². The predicted octanol–water partition coefficient (Wildman–Crippen LogP) is 2.86. The summed E-state index contributed by atoms with van der Waals surface area (Å²) in [5, 5.41) is 12.0. The molecule has 1 atom stereocenters. The number of halogens is 1. The van der Waals surface area contributed by atoms with Crippen molar-refractivity contribution in [3.8, 4) is 0 Å². The lowest BCUT2D eigenvalue weighted by Gasteiger charge is -2.14. The largest absolute Gasteiger partial charge is 0.478 e. The number of rotatable bonds is 6. The summed E-state index contributed by atoms with van der Waals surface area (Å²) in [6, 6.07) is 4.94. The van der Waals surface area contributed by atoms with E-state index in [9.17, 15) is 14.7 Å². The van der Waals surface area contributed by atoms with Crippen LogP contribution >= 0.6 is 34.4 Å². The van der Waals surface area contributed by atoms with Gasteiger partial charge in [-0.2, -0.15) is 11.8 Å². The third-order valence-electron chi connectivity index (χ3n) is 2.60. The second-order valence-corrected chi connectivity index (χ2v) is 6.27. The molecule has 0 aliphatic rings. The maximum Gasteiger partial charge on any atom is 0.337 e. The van der Waals surface area contributed by atoms with Crippen LogP contribution in [0.3, 0.4) is 0 Å². The molecule has 0 aromatic heterocycles. The Labute approximate surface area is 130 Å². The summed E-state index contributed by atoms with van der Waals surface area (Å²) in [7, 11) is 0. The van der Waals surface area contributed by atoms with E-state index in [1.807, 2.05) is 35.8 Å². The van der Waals surface area contributed by atoms with E-state index >= 15 is 0 Å². The number of aromatic carboxylic acids is 1. The number of nitrogens with one attached hydrogen (secondary N) is 1. The smallest absolute Gasteiger partial charge is 0.337 e. The van der Waals surface area contributed by atoms with Crippen LogP contribution in [0.4, 0.5) is 0 Å². The summed E-state index contributed by atoms with van der Waals surface area (Å²) in [6.45, 7) is 1.92. The summed E-state index contributed by atoms with van der Waals surface area (Å²) >= 11 is 3.64. The van der Waals surface area contributed by atoms with Crippen molar-refractivity contribution in [3.63, 3.8) is 0 Å². The average molecular weight is 393 g/mol. The van der Waals surface area contributed by atoms with Gasteiger partial charge in [-0.25, -0.2) is 4.79 Å². The molecule has 6 heteroatoms. The number of benzene rings is 1. The van der Waals surface area contributed by atoms with E-state index < -0.39 is 5.97 Å². The molecule has 0 saturated heterocycles. The molecule has 1 unspecified atom stereocenters. The fraction of sp³-hybridized carbons (Fsp3) is 0.385. The standard InChI is InChI=1S/C13H16INO3S/c1-8(6-7-19-2)15-12(16)9-4-3-5-10(14)11(9)13(17)18/h3-5,8H,6-7H2,1-2H3,(H,15,16)(H,17,18). The van der Waals surface area contributed by atoms with Crippen LogP contribution in [0.5, 0.6) is 0 Å². The highest BCUT2D eigenvalue weighted by Crippen LogP contribution is 2.17. The van der Waals surface area contributed by atoms with Crippen LogP contribution in [0.2, 0.25) is 0 Å². The van der Waals surface area contributed by atoms with Crippen molar-refractivity contribution in [3.05, 3.63) is 32.9 Å². The second-order valence-electron chi connectivity index (χ2n) is 4.12. The first kappa shape index (κ1) is 16.3. The van der Waals surface area contributed by atoms with Gasteiger partial charge in [0.05, 0.1) is 11.1 Å². The molecule has 0 radical (unpaired) electrons. The van der Waals surface area contributed by atoms with Crippen molar-refractivity contribution in [1.29, 1.82) is 0 Å². The highest BCUT2D eigenvalue weighted by molar-refractivity contribution is 14.1. The maximum atomic E-state index is 12.1. The Balaban J connectivity index is 2.88. The second kappa shape index (κ2) is 7.74. The average Bonchev–Trinajstić information content (AvgIpc) is 2.35. The van der Waals surface area contributed by atoms with E-state index in [0.717, 1.165) is 12.2 Å². The van der Waals surface area contributed by atoms with Crippen molar-refractivity contribution < 1.29 is 14.7 Å². The lowest BCUT2D eigenvalue weighted by Crippen LogP contribution is -2.34. The number of carboxylic acids is 1. The monoisotopic (exact) mass is 393 g/mol. The molecular formula is C13H16INO3S. The van der Waals surface area contributed by atoms with Gasteiger partial charge in [-0.15, -0.1) is 0 Å². The Morgan fingerprint density at radius 2 is 2.16 bits per heavy atom. The first-order valence-corrected chi connectivity index (χ1v) is 8.26. The van der Waals surface area contributed by atoms with Crippen molar-refractivity contribution in [1.82, 2.24) is 5.32 Å². The topological polar surface area (TPSA) is 66.4 Å². The predicted molar refractivity (Wildman–Crippen MR) is 86.0 cm³/mol. The van der Waals surface area contributed by atoms with Crippen LogP contribution < -0.4 is 5.32 Å². The Kier molecular flexibility index (Phi) is 6.64. The molecule has 4 nitrogen and oxygen atoms in total. The molecule has 0 heterocycles. The molecule has 1 amide bonds. The summed E-state index contributed by atoms with van der Waals surface area (Å²) < 4.78 is 0.564. The number of carboxylic acid groups (broad SMARTS) is 1. The maximum absolute atomic E-state index is 12.1. The Morgan fingerprint density at radius 3 is 2.74 bits per heavy atom. The first-order chi connectivity index (χ1) is 8.97. The third kappa shape index (κ3) is 4.68. The molecule has 0 bridgehead atoms. The number of carbonyl (C=O) groups is 2. The molecule has 1 aromatic rings. The van der Waals surface area contributed by atoms with Gasteiger partial charge in [-0.1, -0.05) is 6.07 Å². The van der Waals surface area contributed by atoms with Crippen LogP contribution in [0.1, 0.15) is 34.1 Å². The molecule has 0 spiro atoms. The van der Waals surface area contributed by atoms with Crippen molar-refractivity contribution in [2.45, 2.75) is 19.4 Å². The van der Waals surface area contributed by atoms with Crippen molar-refractivity contribution in [2.24, 2.45) is 0 Å². The SMILES string of the molecule is CSCCC(C)NC(=O)c1cccc(I)c1C(=O)O. The molecule has 2 N–H and O–H groups in total. The van der Waals surface area contributed by atoms with Gasteiger partial charge in [0.1, 0.15) is 0 Å². The van der Waals surface area contributed by atoms with Crippen molar-refractivity contribution >= 4 is 46.2 Å². The Bertz CT molecular complexity index is 479. The number of hydrogen-bond donors (Lipinski definition) is 2. The normalized spacial score (nSPS) is 11.9. The van der Waals surface area contributed by atoms with Crippen LogP contribution in [0, 0.1) is 3.57 Å². The molecule has 1 rings (SSSR count). The van der Waals surface area contributed by atoms with E-state index in [-0.39, 0.29) is 23.1 Å². The quantitative estimate of drug-likeness (QED) is 0.730. The van der Waals surface area contributed by atoms with Crippen molar-refractivity contribution in [2.75, 3.05) is 12.0 Å². The molecule has 0 saturated carbocycles. The van der Waals surface area contributed by atoms with E-state index in [2.05, 4.69) is 5.32 Å². The molecule has 1 aromatic carbocycles. The minimum absolute atomic E-state index is 0.0273. The highest BCUT2D eigenvalue weighted by Gasteiger charge is 2.20. The Morgan fingerprint density at radius 1 is 1.47 bits per heavy atom. The lowest BCUT2D eigenvalue weighted by molar-refractivity contribution is 0.0689. The van der Waals surface area contributed by atoms with Gasteiger partial charge >= 0.3 is 5.97 Å². The first-order valence-electron chi connectivity index (χ1n) is 5.79. The number of thioether (sulfide) groups is 1. The van der Waals surface area contributed by atoms with Gasteiger partial charge < -0.3 is 10.4 Å². The van der Waals surface area contributed by atoms with Gasteiger partial charge in [0.15, 0.2) is 0 Å². The minimum atomic E-state index is -1.08. The van der Waals surface area contributed by atoms with Crippen LogP contribution in [0.15, 0.2) is 18.2 Å². The van der Waals surface area contributed by atoms with Gasteiger partial charge in [-0.3, -0.25) is 4.79 Å². The van der Waals surface area contributed by atoms with E-state index in [0.29, 0.717) is 3.57 Å². The number of amides is 1. The van der Waals surface area contributed by atoms with Gasteiger partial charge in [-0.05, 0) is 60.1 Å². The summed E-state index contributed by atoms with van der Waals surface area (Å²) in [5.74, 6) is -0.448. The molecule has 0 fully saturated rings. The van der Waals surface area contributed by atoms with Crippen LogP contribution in [-0.2, 0) is 0 Å². The summed E-state index contributed by atoms with van der Waals surface area (Å²) in [6.07, 6.45) is 2.87. The van der Waals surface area contributed by atoms with E-state index in [1.165, 1.54) is 0 Å². The summed E-state index contributed by atoms with van der Waals surface area (Å²) in [5.41, 5.74) is 0.285. The van der Waals surface area contributed by atoms with Gasteiger partial charge in [0.25, 0.3) is 5.91 Å². The third-order valence-corrected chi connectivity index (χ3v) is 4.15. The highest BCUT2D eigenvalue weighted by atomic mass is 127. The summed E-state index contributed by atoms with van der Waals surface area (Å²) in [4.78, 5) is 23.3. The zero-order valence-corrected chi connectivity index (χ0v) is 13.7. The molecule has 0 aliphatic carbocycles. The zero-order chi connectivity index (χ0) is 14.4. The van der Waals surface area contributed by atoms with Crippen LogP contribution in [-0.4, -0.2) is 35.0 Å². The number of hydrogen-bond acceptors (Lipinski definition) is 3. The molecule has 0 aliphatic heterocycles. The Hall–Kier alpha value is -0.760. The fourth-order valence-corrected chi connectivity index (χ4v) is 2.92. The lowest BCUT2D eigenvalue weighted by atomic mass is 10.1. The fourth-order valence-electron chi connectivity index (χ4n) is 1.60. The zero-order valence-electron chi connectivity index (χ0n) is 10.8. The molecule has 104 valence electrons. The van der Waals surface area contributed by atoms with Gasteiger partial charge in [0, 0.05) is 9.61 Å². The minimum Gasteiger partial charge on any atom is -0.478 e. The number of carbonyl (C=O) groups excluding carboxylic acids is 1. The van der Waals surface area contributed by atoms with Gasteiger partial charge in [0.2, 0.25) is 0 Å². The van der Waals surface area contributed by atoms with E-state index in [1.54, 1.807) is 30.0 Å². The molecule has 19 heavy (non-hydrogen) atoms.